The molecular weight excluding hydrogens is 331 g/mol. The molecule has 0 N–H and O–H groups in total. The highest BCUT2D eigenvalue weighted by Gasteiger charge is 2.33. The summed E-state index contributed by atoms with van der Waals surface area (Å²) in [5.41, 5.74) is 2.89. The molecule has 4 rings (SSSR count). The number of hydrogen-bond donors (Lipinski definition) is 0. The van der Waals surface area contributed by atoms with E-state index in [2.05, 4.69) is 15.0 Å². The number of carbonyl (C=O) groups excluding carboxylic acids is 1. The molecule has 1 aliphatic rings. The lowest BCUT2D eigenvalue weighted by atomic mass is 9.99. The molecule has 0 radical (unpaired) electrons. The van der Waals surface area contributed by atoms with E-state index in [-0.39, 0.29) is 11.8 Å². The van der Waals surface area contributed by atoms with Crippen LogP contribution < -0.4 is 4.90 Å². The van der Waals surface area contributed by atoms with Gasteiger partial charge in [0, 0.05) is 42.8 Å². The minimum atomic E-state index is -0.508. The Balaban J connectivity index is 1.47. The Morgan fingerprint density at radius 1 is 1.00 bits per heavy atom. The largest absolute Gasteiger partial charge is 0.297 e. The Hall–Kier alpha value is -3.15. The van der Waals surface area contributed by atoms with Crippen molar-refractivity contribution in [1.82, 2.24) is 15.0 Å². The molecule has 0 bridgehead atoms. The van der Waals surface area contributed by atoms with Crippen molar-refractivity contribution in [2.24, 2.45) is 5.92 Å². The van der Waals surface area contributed by atoms with Gasteiger partial charge in [0.05, 0.1) is 0 Å². The number of aromatic nitrogens is 3. The van der Waals surface area contributed by atoms with Gasteiger partial charge in [0.1, 0.15) is 5.82 Å². The number of hydrogen-bond acceptors (Lipinski definition) is 4. The van der Waals surface area contributed by atoms with Crippen molar-refractivity contribution in [3.63, 3.8) is 0 Å². The molecule has 4 heterocycles. The minimum Gasteiger partial charge on any atom is -0.297 e. The number of anilines is 1. The van der Waals surface area contributed by atoms with Crippen LogP contribution in [0.3, 0.4) is 0 Å². The summed E-state index contributed by atoms with van der Waals surface area (Å²) in [5, 5.41) is 0. The third-order valence-corrected chi connectivity index (χ3v) is 4.63. The first-order chi connectivity index (χ1) is 12.7. The molecule has 0 unspecified atom stereocenters. The maximum absolute atomic E-state index is 12.9. The second-order valence-electron chi connectivity index (χ2n) is 6.31. The second kappa shape index (κ2) is 7.00. The Bertz CT molecular complexity index is 897. The van der Waals surface area contributed by atoms with Crippen molar-refractivity contribution in [3.8, 4) is 11.1 Å². The van der Waals surface area contributed by atoms with E-state index in [1.165, 1.54) is 12.3 Å². The molecule has 5 nitrogen and oxygen atoms in total. The molecule has 0 saturated carbocycles. The molecule has 1 fully saturated rings. The highest BCUT2D eigenvalue weighted by molar-refractivity contribution is 5.96. The minimum absolute atomic E-state index is 0.0542. The van der Waals surface area contributed by atoms with Crippen LogP contribution in [0.4, 0.5) is 10.2 Å². The number of nitrogens with zero attached hydrogens (tertiary/aromatic N) is 4. The first-order valence-electron chi connectivity index (χ1n) is 8.49. The number of halogens is 1. The first kappa shape index (κ1) is 16.3. The zero-order valence-corrected chi connectivity index (χ0v) is 14.0. The van der Waals surface area contributed by atoms with Gasteiger partial charge in [0.15, 0.2) is 0 Å². The van der Waals surface area contributed by atoms with E-state index >= 15 is 0 Å². The normalized spacial score (nSPS) is 16.9. The van der Waals surface area contributed by atoms with E-state index in [0.717, 1.165) is 23.1 Å². The number of amides is 1. The lowest BCUT2D eigenvalue weighted by Gasteiger charge is -2.16. The van der Waals surface area contributed by atoms with Gasteiger partial charge in [-0.05, 0) is 54.3 Å². The van der Waals surface area contributed by atoms with Crippen molar-refractivity contribution in [1.29, 1.82) is 0 Å². The van der Waals surface area contributed by atoms with Gasteiger partial charge in [0.2, 0.25) is 11.9 Å². The fraction of sp³-hybridized carbons (Fsp3) is 0.200. The van der Waals surface area contributed by atoms with Crippen molar-refractivity contribution >= 4 is 11.7 Å². The Morgan fingerprint density at radius 3 is 2.54 bits per heavy atom. The maximum Gasteiger partial charge on any atom is 0.231 e. The fourth-order valence-corrected chi connectivity index (χ4v) is 3.23. The van der Waals surface area contributed by atoms with E-state index in [4.69, 9.17) is 0 Å². The molecular formula is C20H17FN4O. The summed E-state index contributed by atoms with van der Waals surface area (Å²) in [7, 11) is 0. The summed E-state index contributed by atoms with van der Waals surface area (Å²) in [6.07, 6.45) is 8.06. The van der Waals surface area contributed by atoms with Gasteiger partial charge in [-0.1, -0.05) is 6.07 Å². The number of pyridine rings is 3. The van der Waals surface area contributed by atoms with E-state index in [1.54, 1.807) is 29.6 Å². The molecule has 0 aromatic carbocycles. The molecule has 1 atom stereocenters. The molecule has 26 heavy (non-hydrogen) atoms. The van der Waals surface area contributed by atoms with Crippen LogP contribution in [-0.2, 0) is 11.2 Å². The molecule has 0 aliphatic carbocycles. The average molecular weight is 348 g/mol. The number of rotatable bonds is 4. The molecule has 3 aromatic heterocycles. The lowest BCUT2D eigenvalue weighted by molar-refractivity contribution is -0.120. The molecule has 3 aromatic rings. The van der Waals surface area contributed by atoms with Crippen LogP contribution in [0.25, 0.3) is 11.1 Å². The fourth-order valence-electron chi connectivity index (χ4n) is 3.23. The highest BCUT2D eigenvalue weighted by atomic mass is 19.1. The van der Waals surface area contributed by atoms with Gasteiger partial charge in [-0.25, -0.2) is 9.97 Å². The molecule has 1 saturated heterocycles. The monoisotopic (exact) mass is 348 g/mol. The van der Waals surface area contributed by atoms with Crippen LogP contribution >= 0.6 is 0 Å². The van der Waals surface area contributed by atoms with Gasteiger partial charge >= 0.3 is 0 Å². The maximum atomic E-state index is 12.9. The Morgan fingerprint density at radius 2 is 1.85 bits per heavy atom. The van der Waals surface area contributed by atoms with Crippen molar-refractivity contribution in [2.45, 2.75) is 12.8 Å². The summed E-state index contributed by atoms with van der Waals surface area (Å²) < 4.78 is 12.9. The van der Waals surface area contributed by atoms with Gasteiger partial charge in [-0.15, -0.1) is 0 Å². The van der Waals surface area contributed by atoms with Gasteiger partial charge in [-0.3, -0.25) is 14.7 Å². The van der Waals surface area contributed by atoms with Crippen molar-refractivity contribution in [3.05, 3.63) is 72.7 Å². The highest BCUT2D eigenvalue weighted by Crippen LogP contribution is 2.27. The van der Waals surface area contributed by atoms with Crippen LogP contribution in [0, 0.1) is 11.9 Å². The van der Waals surface area contributed by atoms with E-state index in [9.17, 15) is 9.18 Å². The van der Waals surface area contributed by atoms with Crippen molar-refractivity contribution in [2.75, 3.05) is 11.4 Å². The molecule has 1 amide bonds. The van der Waals surface area contributed by atoms with E-state index in [0.29, 0.717) is 18.8 Å². The zero-order chi connectivity index (χ0) is 17.9. The number of carbonyl (C=O) groups is 1. The molecule has 1 aliphatic heterocycles. The summed E-state index contributed by atoms with van der Waals surface area (Å²) in [5.74, 6) is 0.0848. The second-order valence-corrected chi connectivity index (χ2v) is 6.31. The third kappa shape index (κ3) is 3.31. The van der Waals surface area contributed by atoms with Gasteiger partial charge < -0.3 is 0 Å². The quantitative estimate of drug-likeness (QED) is 0.679. The van der Waals surface area contributed by atoms with E-state index in [1.807, 2.05) is 24.3 Å². The van der Waals surface area contributed by atoms with Crippen LogP contribution in [0.15, 0.2) is 61.2 Å². The summed E-state index contributed by atoms with van der Waals surface area (Å²) in [6.45, 7) is 0.639. The predicted molar refractivity (Wildman–Crippen MR) is 95.8 cm³/mol. The average Bonchev–Trinajstić information content (AvgIpc) is 3.05. The molecule has 0 spiro atoms. The zero-order valence-electron chi connectivity index (χ0n) is 14.0. The Kier molecular flexibility index (Phi) is 4.39. The SMILES string of the molecule is O=C1[C@H](Cc2ccc(F)nc2)CCN1c1ccc(-c2ccncc2)cn1. The standard InChI is InChI=1S/C20H17FN4O/c21-18-3-1-14(12-23-18)11-16-7-10-25(20(16)26)19-4-2-17(13-24-19)15-5-8-22-9-6-15/h1-6,8-9,12-13,16H,7,10-11H2/t16-/m0/s1. The summed E-state index contributed by atoms with van der Waals surface area (Å²) in [6, 6.07) is 10.7. The van der Waals surface area contributed by atoms with Crippen molar-refractivity contribution < 1.29 is 9.18 Å². The van der Waals surface area contributed by atoms with Crippen LogP contribution in [0.5, 0.6) is 0 Å². The van der Waals surface area contributed by atoms with Gasteiger partial charge in [0.25, 0.3) is 0 Å². The van der Waals surface area contributed by atoms with Crippen LogP contribution in [0.1, 0.15) is 12.0 Å². The molecule has 6 heteroatoms. The lowest BCUT2D eigenvalue weighted by Crippen LogP contribution is -2.28. The predicted octanol–water partition coefficient (Wildman–Crippen LogP) is 3.27. The van der Waals surface area contributed by atoms with E-state index < -0.39 is 5.95 Å². The van der Waals surface area contributed by atoms with Crippen LogP contribution in [0.2, 0.25) is 0 Å². The third-order valence-electron chi connectivity index (χ3n) is 4.63. The first-order valence-corrected chi connectivity index (χ1v) is 8.49. The smallest absolute Gasteiger partial charge is 0.231 e. The summed E-state index contributed by atoms with van der Waals surface area (Å²) in [4.78, 5) is 26.6. The molecule has 130 valence electrons. The topological polar surface area (TPSA) is 59.0 Å². The van der Waals surface area contributed by atoms with Crippen LogP contribution in [-0.4, -0.2) is 27.4 Å². The summed E-state index contributed by atoms with van der Waals surface area (Å²) >= 11 is 0. The Labute approximate surface area is 150 Å². The van der Waals surface area contributed by atoms with Gasteiger partial charge in [-0.2, -0.15) is 4.39 Å².